The summed E-state index contributed by atoms with van der Waals surface area (Å²) in [6.45, 7) is 1.92. The number of hydrogen-bond acceptors (Lipinski definition) is 5. The Balaban J connectivity index is 1.81. The number of carbonyl (C=O) groups excluding carboxylic acids is 2. The first-order valence-corrected chi connectivity index (χ1v) is 9.24. The summed E-state index contributed by atoms with van der Waals surface area (Å²) < 4.78 is 16.1. The van der Waals surface area contributed by atoms with Crippen molar-refractivity contribution in [3.05, 3.63) is 70.9 Å². The molecule has 0 saturated carbocycles. The van der Waals surface area contributed by atoms with E-state index in [9.17, 15) is 9.59 Å². The maximum Gasteiger partial charge on any atom is 0.338 e. The minimum atomic E-state index is -0.659. The van der Waals surface area contributed by atoms with E-state index in [4.69, 9.17) is 14.2 Å². The van der Waals surface area contributed by atoms with E-state index < -0.39 is 12.0 Å². The lowest BCUT2D eigenvalue weighted by atomic mass is 9.95. The van der Waals surface area contributed by atoms with Gasteiger partial charge in [-0.15, -0.1) is 0 Å². The van der Waals surface area contributed by atoms with Gasteiger partial charge in [0, 0.05) is 12.1 Å². The van der Waals surface area contributed by atoms with Crippen molar-refractivity contribution in [3.63, 3.8) is 0 Å². The Kier molecular flexibility index (Phi) is 6.39. The van der Waals surface area contributed by atoms with Crippen molar-refractivity contribution in [3.8, 4) is 11.5 Å². The molecule has 1 atom stereocenters. The number of esters is 1. The van der Waals surface area contributed by atoms with Crippen molar-refractivity contribution in [2.24, 2.45) is 0 Å². The molecule has 7 heteroatoms. The third-order valence-corrected chi connectivity index (χ3v) is 4.70. The van der Waals surface area contributed by atoms with Gasteiger partial charge in [0.2, 0.25) is 0 Å². The summed E-state index contributed by atoms with van der Waals surface area (Å²) in [5, 5.41) is 5.43. The second kappa shape index (κ2) is 9.14. The lowest BCUT2D eigenvalue weighted by Crippen LogP contribution is -2.45. The molecule has 2 aromatic rings. The second-order valence-electron chi connectivity index (χ2n) is 6.56. The smallest absolute Gasteiger partial charge is 0.338 e. The molecule has 0 radical (unpaired) electrons. The Labute approximate surface area is 169 Å². The van der Waals surface area contributed by atoms with Crippen molar-refractivity contribution in [2.75, 3.05) is 20.8 Å². The molecule has 3 rings (SSSR count). The lowest BCUT2D eigenvalue weighted by molar-refractivity contribution is -0.139. The summed E-state index contributed by atoms with van der Waals surface area (Å²) in [5.74, 6) is 0.585. The van der Waals surface area contributed by atoms with Crippen LogP contribution < -0.4 is 20.1 Å². The summed E-state index contributed by atoms with van der Waals surface area (Å²) in [5.41, 5.74) is 2.58. The third-order valence-electron chi connectivity index (χ3n) is 4.70. The average Bonchev–Trinajstić information content (AvgIpc) is 2.73. The van der Waals surface area contributed by atoms with Crippen LogP contribution in [0.2, 0.25) is 0 Å². The molecule has 0 saturated heterocycles. The van der Waals surface area contributed by atoms with E-state index >= 15 is 0 Å². The minimum Gasteiger partial charge on any atom is -0.493 e. The topological polar surface area (TPSA) is 85.9 Å². The molecule has 2 N–H and O–H groups in total. The van der Waals surface area contributed by atoms with Crippen LogP contribution in [0.25, 0.3) is 0 Å². The van der Waals surface area contributed by atoms with Crippen LogP contribution >= 0.6 is 0 Å². The number of hydrogen-bond donors (Lipinski definition) is 2. The van der Waals surface area contributed by atoms with Crippen LogP contribution in [0.15, 0.2) is 59.8 Å². The van der Waals surface area contributed by atoms with Gasteiger partial charge in [-0.2, -0.15) is 0 Å². The van der Waals surface area contributed by atoms with Gasteiger partial charge in [0.25, 0.3) is 0 Å². The molecule has 29 heavy (non-hydrogen) atoms. The average molecular weight is 396 g/mol. The molecule has 1 heterocycles. The summed E-state index contributed by atoms with van der Waals surface area (Å²) in [4.78, 5) is 24.9. The Morgan fingerprint density at radius 3 is 2.45 bits per heavy atom. The lowest BCUT2D eigenvalue weighted by Gasteiger charge is -2.28. The molecule has 1 aliphatic rings. The van der Waals surface area contributed by atoms with E-state index in [1.165, 1.54) is 7.11 Å². The van der Waals surface area contributed by atoms with Crippen LogP contribution in [0.3, 0.4) is 0 Å². The Bertz CT molecular complexity index is 924. The zero-order valence-electron chi connectivity index (χ0n) is 16.7. The maximum absolute atomic E-state index is 12.8. The summed E-state index contributed by atoms with van der Waals surface area (Å²) >= 11 is 0. The van der Waals surface area contributed by atoms with Gasteiger partial charge in [-0.1, -0.05) is 36.4 Å². The van der Waals surface area contributed by atoms with Gasteiger partial charge in [-0.25, -0.2) is 9.59 Å². The number of amides is 2. The molecule has 1 aliphatic heterocycles. The fourth-order valence-electron chi connectivity index (χ4n) is 3.23. The molecule has 2 aromatic carbocycles. The number of rotatable bonds is 7. The van der Waals surface area contributed by atoms with Gasteiger partial charge in [-0.3, -0.25) is 0 Å². The van der Waals surface area contributed by atoms with Crippen molar-refractivity contribution in [1.29, 1.82) is 0 Å². The Morgan fingerprint density at radius 1 is 1.03 bits per heavy atom. The highest BCUT2D eigenvalue weighted by Crippen LogP contribution is 2.34. The quantitative estimate of drug-likeness (QED) is 0.703. The SMILES string of the molecule is COc1ccc(C2NC(=O)NC(C)=C2C(=O)OCCc2ccccc2)cc1OC. The molecule has 0 bridgehead atoms. The molecule has 0 fully saturated rings. The van der Waals surface area contributed by atoms with Crippen LogP contribution in [-0.2, 0) is 16.0 Å². The highest BCUT2D eigenvalue weighted by atomic mass is 16.5. The number of ether oxygens (including phenoxy) is 3. The van der Waals surface area contributed by atoms with Crippen LogP contribution in [0.5, 0.6) is 11.5 Å². The summed E-state index contributed by atoms with van der Waals surface area (Å²) in [7, 11) is 3.08. The Morgan fingerprint density at radius 2 is 1.76 bits per heavy atom. The molecule has 0 spiro atoms. The zero-order valence-corrected chi connectivity index (χ0v) is 16.7. The molecule has 0 aliphatic carbocycles. The highest BCUT2D eigenvalue weighted by Gasteiger charge is 2.32. The number of benzene rings is 2. The fourth-order valence-corrected chi connectivity index (χ4v) is 3.23. The molecular weight excluding hydrogens is 372 g/mol. The summed E-state index contributed by atoms with van der Waals surface area (Å²) in [6, 6.07) is 14.0. The van der Waals surface area contributed by atoms with Gasteiger partial charge < -0.3 is 24.8 Å². The second-order valence-corrected chi connectivity index (χ2v) is 6.56. The van der Waals surface area contributed by atoms with Gasteiger partial charge >= 0.3 is 12.0 Å². The van der Waals surface area contributed by atoms with Gasteiger partial charge in [-0.05, 0) is 30.2 Å². The minimum absolute atomic E-state index is 0.242. The van der Waals surface area contributed by atoms with Crippen LogP contribution in [0.1, 0.15) is 24.1 Å². The van der Waals surface area contributed by atoms with Crippen molar-refractivity contribution in [1.82, 2.24) is 10.6 Å². The van der Waals surface area contributed by atoms with Gasteiger partial charge in [0.1, 0.15) is 0 Å². The van der Waals surface area contributed by atoms with Gasteiger partial charge in [0.15, 0.2) is 11.5 Å². The predicted octanol–water partition coefficient (Wildman–Crippen LogP) is 3.12. The molecular formula is C22H24N2O5. The molecule has 7 nitrogen and oxygen atoms in total. The standard InChI is InChI=1S/C22H24N2O5/c1-14-19(21(25)29-12-11-15-7-5-4-6-8-15)20(24-22(26)23-14)16-9-10-17(27-2)18(13-16)28-3/h4-10,13,20H,11-12H2,1-3H3,(H2,23,24,26). The van der Waals surface area contributed by atoms with E-state index in [-0.39, 0.29) is 12.6 Å². The maximum atomic E-state index is 12.8. The molecule has 1 unspecified atom stereocenters. The fraction of sp³-hybridized carbons (Fsp3) is 0.273. The van der Waals surface area contributed by atoms with E-state index in [0.717, 1.165) is 5.56 Å². The van der Waals surface area contributed by atoms with Crippen LogP contribution in [0, 0.1) is 0 Å². The number of allylic oxidation sites excluding steroid dienone is 1. The highest BCUT2D eigenvalue weighted by molar-refractivity contribution is 5.95. The molecule has 152 valence electrons. The number of carbonyl (C=O) groups is 2. The van der Waals surface area contributed by atoms with E-state index in [1.54, 1.807) is 32.2 Å². The van der Waals surface area contributed by atoms with E-state index in [2.05, 4.69) is 10.6 Å². The monoisotopic (exact) mass is 396 g/mol. The number of urea groups is 1. The van der Waals surface area contributed by atoms with Crippen LogP contribution in [0.4, 0.5) is 4.79 Å². The van der Waals surface area contributed by atoms with Crippen molar-refractivity contribution in [2.45, 2.75) is 19.4 Å². The first-order valence-electron chi connectivity index (χ1n) is 9.24. The van der Waals surface area contributed by atoms with Crippen LogP contribution in [-0.4, -0.2) is 32.8 Å². The normalized spacial score (nSPS) is 16.0. The molecule has 0 aromatic heterocycles. The van der Waals surface area contributed by atoms with Crippen molar-refractivity contribution >= 4 is 12.0 Å². The van der Waals surface area contributed by atoms with Gasteiger partial charge in [0.05, 0.1) is 32.4 Å². The van der Waals surface area contributed by atoms with E-state index in [1.807, 2.05) is 30.3 Å². The van der Waals surface area contributed by atoms with E-state index in [0.29, 0.717) is 34.8 Å². The number of methoxy groups -OCH3 is 2. The molecule has 2 amide bonds. The summed E-state index contributed by atoms with van der Waals surface area (Å²) in [6.07, 6.45) is 0.611. The largest absolute Gasteiger partial charge is 0.493 e. The first-order chi connectivity index (χ1) is 14.0. The Hall–Kier alpha value is -3.48. The zero-order chi connectivity index (χ0) is 20.8. The third kappa shape index (κ3) is 4.68. The predicted molar refractivity (Wildman–Crippen MR) is 108 cm³/mol. The first kappa shape index (κ1) is 20.3. The van der Waals surface area contributed by atoms with Crippen molar-refractivity contribution < 1.29 is 23.8 Å². The number of nitrogens with one attached hydrogen (secondary N) is 2.